The van der Waals surface area contributed by atoms with E-state index in [2.05, 4.69) is 29.3 Å². The molecule has 0 aliphatic carbocycles. The molecule has 8 heteroatoms. The van der Waals surface area contributed by atoms with Crippen LogP contribution in [-0.4, -0.2) is 17.1 Å². The van der Waals surface area contributed by atoms with Gasteiger partial charge in [0.2, 0.25) is 0 Å². The Hall–Kier alpha value is -4.46. The van der Waals surface area contributed by atoms with E-state index in [0.29, 0.717) is 32.2 Å². The first-order valence-corrected chi connectivity index (χ1v) is 14.8. The molecule has 0 amide bonds. The van der Waals surface area contributed by atoms with Crippen molar-refractivity contribution in [3.8, 4) is 5.75 Å². The molecule has 5 aromatic rings. The van der Waals surface area contributed by atoms with E-state index < -0.39 is 12.0 Å². The third-order valence-electron chi connectivity index (χ3n) is 7.15. The smallest absolute Gasteiger partial charge is 0.338 e. The lowest BCUT2D eigenvalue weighted by Crippen LogP contribution is -2.39. The Balaban J connectivity index is 1.31. The first-order chi connectivity index (χ1) is 20.4. The van der Waals surface area contributed by atoms with Gasteiger partial charge < -0.3 is 9.47 Å². The molecule has 42 heavy (non-hydrogen) atoms. The number of carbonyl (C=O) groups is 1. The van der Waals surface area contributed by atoms with Gasteiger partial charge in [0.15, 0.2) is 4.80 Å². The van der Waals surface area contributed by atoms with Crippen LogP contribution in [-0.2, 0) is 16.1 Å². The minimum Gasteiger partial charge on any atom is -0.489 e. The van der Waals surface area contributed by atoms with Crippen molar-refractivity contribution in [2.75, 3.05) is 6.61 Å². The molecule has 0 unspecified atom stereocenters. The van der Waals surface area contributed by atoms with Crippen molar-refractivity contribution >= 4 is 45.8 Å². The third-order valence-corrected chi connectivity index (χ3v) is 8.39. The summed E-state index contributed by atoms with van der Waals surface area (Å²) >= 11 is 7.42. The molecule has 2 heterocycles. The van der Waals surface area contributed by atoms with E-state index in [4.69, 9.17) is 21.1 Å². The SMILES string of the molecule is CCOC(=O)C1=C(C)N=c2s/c(=C\c3ccc(OCc4cccc5ccccc45)cc3)c(=O)n2[C@@H]1c1ccc(Cl)cc1. The topological polar surface area (TPSA) is 69.9 Å². The number of nitrogens with zero attached hydrogens (tertiary/aromatic N) is 2. The summed E-state index contributed by atoms with van der Waals surface area (Å²) in [6.45, 7) is 4.19. The van der Waals surface area contributed by atoms with Crippen molar-refractivity contribution in [3.63, 3.8) is 0 Å². The second kappa shape index (κ2) is 11.8. The predicted molar refractivity (Wildman–Crippen MR) is 167 cm³/mol. The molecule has 0 bridgehead atoms. The molecule has 210 valence electrons. The van der Waals surface area contributed by atoms with Gasteiger partial charge in [0.25, 0.3) is 5.56 Å². The van der Waals surface area contributed by atoms with E-state index in [-0.39, 0.29) is 12.2 Å². The zero-order valence-corrected chi connectivity index (χ0v) is 24.6. The highest BCUT2D eigenvalue weighted by atomic mass is 35.5. The van der Waals surface area contributed by atoms with Crippen LogP contribution >= 0.6 is 22.9 Å². The number of hydrogen-bond acceptors (Lipinski definition) is 6. The van der Waals surface area contributed by atoms with Gasteiger partial charge in [-0.05, 0) is 71.7 Å². The highest BCUT2D eigenvalue weighted by molar-refractivity contribution is 7.07. The minimum absolute atomic E-state index is 0.217. The second-order valence-corrected chi connectivity index (χ2v) is 11.3. The highest BCUT2D eigenvalue weighted by Gasteiger charge is 2.33. The van der Waals surface area contributed by atoms with Crippen LogP contribution in [0.4, 0.5) is 0 Å². The van der Waals surface area contributed by atoms with Gasteiger partial charge in [-0.1, -0.05) is 89.7 Å². The lowest BCUT2D eigenvalue weighted by Gasteiger charge is -2.24. The molecule has 0 N–H and O–H groups in total. The van der Waals surface area contributed by atoms with Crippen LogP contribution < -0.4 is 19.6 Å². The monoisotopic (exact) mass is 594 g/mol. The fourth-order valence-electron chi connectivity index (χ4n) is 5.14. The van der Waals surface area contributed by atoms with Crippen LogP contribution in [0.15, 0.2) is 112 Å². The Kier molecular flexibility index (Phi) is 7.78. The molecule has 1 aliphatic heterocycles. The fourth-order valence-corrected chi connectivity index (χ4v) is 6.32. The number of thiazole rings is 1. The van der Waals surface area contributed by atoms with E-state index in [9.17, 15) is 9.59 Å². The summed E-state index contributed by atoms with van der Waals surface area (Å²) in [5.41, 5.74) is 3.34. The minimum atomic E-state index is -0.676. The van der Waals surface area contributed by atoms with Crippen molar-refractivity contribution in [3.05, 3.63) is 144 Å². The van der Waals surface area contributed by atoms with Crippen LogP contribution in [0.5, 0.6) is 5.75 Å². The molecule has 0 radical (unpaired) electrons. The third kappa shape index (κ3) is 5.41. The van der Waals surface area contributed by atoms with E-state index in [1.165, 1.54) is 22.1 Å². The average molecular weight is 595 g/mol. The Morgan fingerprint density at radius 1 is 1.00 bits per heavy atom. The van der Waals surface area contributed by atoms with E-state index in [1.807, 2.05) is 60.7 Å². The molecule has 1 aromatic heterocycles. The number of hydrogen-bond donors (Lipinski definition) is 0. The van der Waals surface area contributed by atoms with Gasteiger partial charge in [-0.2, -0.15) is 0 Å². The standard InChI is InChI=1S/C34H27ClN2O4S/c1-3-40-33(39)30-21(2)36-34-37(31(30)24-13-15-26(35)16-14-24)32(38)29(42-34)19-22-11-17-27(18-12-22)41-20-25-9-6-8-23-7-4-5-10-28(23)25/h4-19,31H,3,20H2,1-2H3/b29-19-/t31-/m1/s1. The van der Waals surface area contributed by atoms with Gasteiger partial charge in [-0.3, -0.25) is 9.36 Å². The summed E-state index contributed by atoms with van der Waals surface area (Å²) in [6.07, 6.45) is 1.83. The Morgan fingerprint density at radius 3 is 2.50 bits per heavy atom. The molecule has 4 aromatic carbocycles. The van der Waals surface area contributed by atoms with Crippen molar-refractivity contribution in [2.45, 2.75) is 26.5 Å². The van der Waals surface area contributed by atoms with Crippen molar-refractivity contribution in [1.29, 1.82) is 0 Å². The number of fused-ring (bicyclic) bond motifs is 2. The maximum atomic E-state index is 13.8. The largest absolute Gasteiger partial charge is 0.489 e. The summed E-state index contributed by atoms with van der Waals surface area (Å²) in [7, 11) is 0. The highest BCUT2D eigenvalue weighted by Crippen LogP contribution is 2.31. The Bertz CT molecular complexity index is 2000. The molecule has 6 nitrogen and oxygen atoms in total. The lowest BCUT2D eigenvalue weighted by atomic mass is 9.96. The normalized spacial score (nSPS) is 14.9. The van der Waals surface area contributed by atoms with Gasteiger partial charge in [0, 0.05) is 5.02 Å². The zero-order chi connectivity index (χ0) is 29.2. The number of aromatic nitrogens is 1. The van der Waals surface area contributed by atoms with Gasteiger partial charge in [-0.15, -0.1) is 0 Å². The molecule has 0 saturated heterocycles. The van der Waals surface area contributed by atoms with Crippen LogP contribution in [0.25, 0.3) is 16.8 Å². The quantitative estimate of drug-likeness (QED) is 0.211. The first kappa shape index (κ1) is 27.7. The van der Waals surface area contributed by atoms with Gasteiger partial charge >= 0.3 is 5.97 Å². The fraction of sp³-hybridized carbons (Fsp3) is 0.147. The summed E-state index contributed by atoms with van der Waals surface area (Å²) in [5.74, 6) is 0.242. The summed E-state index contributed by atoms with van der Waals surface area (Å²) < 4.78 is 13.5. The van der Waals surface area contributed by atoms with Crippen LogP contribution in [0.2, 0.25) is 5.02 Å². The molecule has 0 spiro atoms. The molecule has 6 rings (SSSR count). The molecular weight excluding hydrogens is 568 g/mol. The predicted octanol–water partition coefficient (Wildman–Crippen LogP) is 6.18. The van der Waals surface area contributed by atoms with Crippen LogP contribution in [0.3, 0.4) is 0 Å². The number of halogens is 1. The maximum Gasteiger partial charge on any atom is 0.338 e. The number of allylic oxidation sites excluding steroid dienone is 1. The number of ether oxygens (including phenoxy) is 2. The molecule has 1 aliphatic rings. The lowest BCUT2D eigenvalue weighted by molar-refractivity contribution is -0.139. The van der Waals surface area contributed by atoms with Crippen LogP contribution in [0, 0.1) is 0 Å². The second-order valence-electron chi connectivity index (χ2n) is 9.85. The summed E-state index contributed by atoms with van der Waals surface area (Å²) in [6, 6.07) is 28.5. The molecule has 1 atom stereocenters. The molecule has 0 fully saturated rings. The Morgan fingerprint density at radius 2 is 1.74 bits per heavy atom. The number of benzene rings is 4. The average Bonchev–Trinajstić information content (AvgIpc) is 3.30. The van der Waals surface area contributed by atoms with Crippen molar-refractivity contribution in [2.24, 2.45) is 4.99 Å². The number of esters is 1. The van der Waals surface area contributed by atoms with Gasteiger partial charge in [-0.25, -0.2) is 9.79 Å². The van der Waals surface area contributed by atoms with Gasteiger partial charge in [0.1, 0.15) is 12.4 Å². The summed E-state index contributed by atoms with van der Waals surface area (Å²) in [4.78, 5) is 32.0. The number of rotatable bonds is 7. The number of carbonyl (C=O) groups excluding carboxylic acids is 1. The van der Waals surface area contributed by atoms with E-state index >= 15 is 0 Å². The Labute approximate surface area is 251 Å². The van der Waals surface area contributed by atoms with E-state index in [1.54, 1.807) is 30.5 Å². The van der Waals surface area contributed by atoms with E-state index in [0.717, 1.165) is 22.4 Å². The molecule has 0 saturated carbocycles. The first-order valence-electron chi connectivity index (χ1n) is 13.6. The zero-order valence-electron chi connectivity index (χ0n) is 23.0. The molecular formula is C34H27ClN2O4S. The summed E-state index contributed by atoms with van der Waals surface area (Å²) in [5, 5.41) is 2.91. The maximum absolute atomic E-state index is 13.8. The van der Waals surface area contributed by atoms with Crippen molar-refractivity contribution < 1.29 is 14.3 Å². The van der Waals surface area contributed by atoms with Gasteiger partial charge in [0.05, 0.1) is 28.5 Å². The van der Waals surface area contributed by atoms with Crippen molar-refractivity contribution in [1.82, 2.24) is 4.57 Å². The van der Waals surface area contributed by atoms with Crippen LogP contribution in [0.1, 0.15) is 36.6 Å².